The van der Waals surface area contributed by atoms with Crippen molar-refractivity contribution in [2.75, 3.05) is 18.8 Å². The summed E-state index contributed by atoms with van der Waals surface area (Å²) in [5.74, 6) is 1.34. The van der Waals surface area contributed by atoms with Crippen LogP contribution in [0, 0.1) is 12.8 Å². The van der Waals surface area contributed by atoms with E-state index in [2.05, 4.69) is 30.7 Å². The number of anilines is 1. The van der Waals surface area contributed by atoms with Gasteiger partial charge in [-0.15, -0.1) is 0 Å². The summed E-state index contributed by atoms with van der Waals surface area (Å²) >= 11 is 0. The Hall–Kier alpha value is -1.09. The van der Waals surface area contributed by atoms with Gasteiger partial charge in [-0.1, -0.05) is 13.8 Å². The van der Waals surface area contributed by atoms with Gasteiger partial charge in [0.05, 0.1) is 0 Å². The Morgan fingerprint density at radius 1 is 1.53 bits per heavy atom. The molecule has 17 heavy (non-hydrogen) atoms. The monoisotopic (exact) mass is 233 g/mol. The van der Waals surface area contributed by atoms with Crippen LogP contribution in [0.15, 0.2) is 12.3 Å². The minimum atomic E-state index is 0.547. The Labute approximate surface area is 104 Å². The zero-order valence-electron chi connectivity index (χ0n) is 11.1. The number of nitrogen functional groups attached to an aromatic ring is 1. The normalized spacial score (nSPS) is 21.3. The highest BCUT2D eigenvalue weighted by Crippen LogP contribution is 2.34. The maximum Gasteiger partial charge on any atom is 0.123 e. The van der Waals surface area contributed by atoms with Crippen molar-refractivity contribution in [2.24, 2.45) is 5.92 Å². The fourth-order valence-corrected chi connectivity index (χ4v) is 2.80. The molecule has 0 amide bonds. The second kappa shape index (κ2) is 5.05. The molecule has 1 atom stereocenters. The van der Waals surface area contributed by atoms with Gasteiger partial charge in [0, 0.05) is 18.8 Å². The molecule has 2 N–H and O–H groups in total. The molecule has 0 radical (unpaired) electrons. The third-order valence-electron chi connectivity index (χ3n) is 3.49. The summed E-state index contributed by atoms with van der Waals surface area (Å²) in [6.07, 6.45) is 4.51. The molecule has 0 bridgehead atoms. The van der Waals surface area contributed by atoms with E-state index < -0.39 is 0 Å². The van der Waals surface area contributed by atoms with Crippen LogP contribution in [-0.4, -0.2) is 23.0 Å². The number of aromatic nitrogens is 1. The van der Waals surface area contributed by atoms with E-state index in [-0.39, 0.29) is 0 Å². The first-order valence-electron chi connectivity index (χ1n) is 6.54. The van der Waals surface area contributed by atoms with E-state index in [0.717, 1.165) is 5.92 Å². The van der Waals surface area contributed by atoms with Crippen LogP contribution in [0.5, 0.6) is 0 Å². The number of nitrogens with zero attached hydrogens (tertiary/aromatic N) is 2. The van der Waals surface area contributed by atoms with E-state index in [1.165, 1.54) is 37.1 Å². The van der Waals surface area contributed by atoms with Crippen LogP contribution < -0.4 is 5.73 Å². The second-order valence-corrected chi connectivity index (χ2v) is 5.51. The van der Waals surface area contributed by atoms with Crippen molar-refractivity contribution in [1.29, 1.82) is 0 Å². The van der Waals surface area contributed by atoms with Crippen LogP contribution in [0.4, 0.5) is 5.82 Å². The molecule has 1 aliphatic rings. The molecule has 1 aliphatic heterocycles. The maximum atomic E-state index is 5.72. The summed E-state index contributed by atoms with van der Waals surface area (Å²) in [6.45, 7) is 9.09. The molecule has 3 nitrogen and oxygen atoms in total. The summed E-state index contributed by atoms with van der Waals surface area (Å²) in [5, 5.41) is 0. The molecule has 1 aromatic heterocycles. The molecule has 0 spiro atoms. The lowest BCUT2D eigenvalue weighted by molar-refractivity contribution is 0.228. The van der Waals surface area contributed by atoms with Gasteiger partial charge in [-0.2, -0.15) is 0 Å². The fraction of sp³-hybridized carbons (Fsp3) is 0.643. The van der Waals surface area contributed by atoms with Crippen molar-refractivity contribution in [1.82, 2.24) is 9.88 Å². The molecule has 94 valence electrons. The third-order valence-corrected chi connectivity index (χ3v) is 3.49. The van der Waals surface area contributed by atoms with E-state index in [4.69, 9.17) is 5.73 Å². The van der Waals surface area contributed by atoms with Gasteiger partial charge >= 0.3 is 0 Å². The minimum Gasteiger partial charge on any atom is -0.384 e. The number of likely N-dealkylation sites (tertiary alicyclic amines) is 1. The predicted octanol–water partition coefficient (Wildman–Crippen LogP) is 2.77. The van der Waals surface area contributed by atoms with Crippen molar-refractivity contribution in [3.63, 3.8) is 0 Å². The Balaban J connectivity index is 2.20. The van der Waals surface area contributed by atoms with Crippen LogP contribution in [0.3, 0.4) is 0 Å². The topological polar surface area (TPSA) is 42.1 Å². The van der Waals surface area contributed by atoms with Gasteiger partial charge in [-0.25, -0.2) is 4.98 Å². The van der Waals surface area contributed by atoms with Crippen molar-refractivity contribution in [2.45, 2.75) is 39.7 Å². The van der Waals surface area contributed by atoms with Gasteiger partial charge in [-0.05, 0) is 49.4 Å². The summed E-state index contributed by atoms with van der Waals surface area (Å²) < 4.78 is 0. The highest BCUT2D eigenvalue weighted by molar-refractivity contribution is 5.37. The maximum absolute atomic E-state index is 5.72. The van der Waals surface area contributed by atoms with Gasteiger partial charge in [0.1, 0.15) is 5.82 Å². The van der Waals surface area contributed by atoms with Gasteiger partial charge < -0.3 is 5.73 Å². The Kier molecular flexibility index (Phi) is 3.67. The van der Waals surface area contributed by atoms with Crippen LogP contribution in [-0.2, 0) is 0 Å². The smallest absolute Gasteiger partial charge is 0.123 e. The Morgan fingerprint density at radius 2 is 2.29 bits per heavy atom. The number of hydrogen-bond acceptors (Lipinski definition) is 3. The lowest BCUT2D eigenvalue weighted by Gasteiger charge is -2.27. The van der Waals surface area contributed by atoms with E-state index in [9.17, 15) is 0 Å². The van der Waals surface area contributed by atoms with Crippen LogP contribution >= 0.6 is 0 Å². The van der Waals surface area contributed by atoms with E-state index in [1.807, 2.05) is 12.3 Å². The summed E-state index contributed by atoms with van der Waals surface area (Å²) in [4.78, 5) is 6.84. The number of pyridine rings is 1. The molecule has 0 aliphatic carbocycles. The van der Waals surface area contributed by atoms with E-state index in [0.29, 0.717) is 11.9 Å². The Bertz CT molecular complexity index is 387. The van der Waals surface area contributed by atoms with Gasteiger partial charge in [0.2, 0.25) is 0 Å². The number of rotatable bonds is 3. The first-order valence-corrected chi connectivity index (χ1v) is 6.54. The van der Waals surface area contributed by atoms with E-state index >= 15 is 0 Å². The SMILES string of the molecule is Cc1cc(N)ncc1C1CCCN1CC(C)C. The summed E-state index contributed by atoms with van der Waals surface area (Å²) in [6, 6.07) is 2.53. The lowest BCUT2D eigenvalue weighted by atomic mass is 10.0. The molecule has 1 fully saturated rings. The van der Waals surface area contributed by atoms with Crippen molar-refractivity contribution >= 4 is 5.82 Å². The largest absolute Gasteiger partial charge is 0.384 e. The molecule has 2 heterocycles. The zero-order chi connectivity index (χ0) is 12.4. The first kappa shape index (κ1) is 12.4. The highest BCUT2D eigenvalue weighted by Gasteiger charge is 2.27. The molecule has 0 aromatic carbocycles. The average molecular weight is 233 g/mol. The average Bonchev–Trinajstić information content (AvgIpc) is 2.65. The van der Waals surface area contributed by atoms with Crippen LogP contribution in [0.2, 0.25) is 0 Å². The number of nitrogens with two attached hydrogens (primary N) is 1. The molecular formula is C14H23N3. The molecular weight excluding hydrogens is 210 g/mol. The van der Waals surface area contributed by atoms with Crippen molar-refractivity contribution in [3.05, 3.63) is 23.4 Å². The molecule has 1 unspecified atom stereocenters. The van der Waals surface area contributed by atoms with Crippen molar-refractivity contribution in [3.8, 4) is 0 Å². The fourth-order valence-electron chi connectivity index (χ4n) is 2.80. The lowest BCUT2D eigenvalue weighted by Crippen LogP contribution is -2.27. The summed E-state index contributed by atoms with van der Waals surface area (Å²) in [5.41, 5.74) is 8.35. The van der Waals surface area contributed by atoms with Crippen LogP contribution in [0.25, 0.3) is 0 Å². The van der Waals surface area contributed by atoms with Gasteiger partial charge in [-0.3, -0.25) is 4.90 Å². The summed E-state index contributed by atoms with van der Waals surface area (Å²) in [7, 11) is 0. The molecule has 1 aromatic rings. The zero-order valence-corrected chi connectivity index (χ0v) is 11.1. The predicted molar refractivity (Wildman–Crippen MR) is 71.8 cm³/mol. The molecule has 1 saturated heterocycles. The molecule has 2 rings (SSSR count). The van der Waals surface area contributed by atoms with Gasteiger partial charge in [0.15, 0.2) is 0 Å². The number of aryl methyl sites for hydroxylation is 1. The van der Waals surface area contributed by atoms with Crippen LogP contribution in [0.1, 0.15) is 43.9 Å². The van der Waals surface area contributed by atoms with Gasteiger partial charge in [0.25, 0.3) is 0 Å². The number of hydrogen-bond donors (Lipinski definition) is 1. The Morgan fingerprint density at radius 3 is 2.94 bits per heavy atom. The first-order chi connectivity index (χ1) is 8.08. The standard InChI is InChI=1S/C14H23N3/c1-10(2)9-17-6-4-5-13(17)12-8-16-14(15)7-11(12)3/h7-8,10,13H,4-6,9H2,1-3H3,(H2,15,16). The quantitative estimate of drug-likeness (QED) is 0.873. The molecule has 0 saturated carbocycles. The third kappa shape index (κ3) is 2.78. The van der Waals surface area contributed by atoms with Crippen molar-refractivity contribution < 1.29 is 0 Å². The second-order valence-electron chi connectivity index (χ2n) is 5.51. The minimum absolute atomic E-state index is 0.547. The molecule has 3 heteroatoms. The highest BCUT2D eigenvalue weighted by atomic mass is 15.2. The van der Waals surface area contributed by atoms with E-state index in [1.54, 1.807) is 0 Å².